The highest BCUT2D eigenvalue weighted by Crippen LogP contribution is 2.36. The average molecular weight is 345 g/mol. The van der Waals surface area contributed by atoms with E-state index in [2.05, 4.69) is 21.2 Å². The van der Waals surface area contributed by atoms with Gasteiger partial charge in [0.25, 0.3) is 5.91 Å². The first-order valence-electron chi connectivity index (χ1n) is 6.53. The van der Waals surface area contributed by atoms with Crippen molar-refractivity contribution in [1.82, 2.24) is 5.32 Å². The molecular formula is C14H21BrN2O3. The van der Waals surface area contributed by atoms with Gasteiger partial charge >= 0.3 is 0 Å². The van der Waals surface area contributed by atoms with Crippen molar-refractivity contribution in [1.29, 1.82) is 0 Å². The molecule has 112 valence electrons. The second-order valence-electron chi connectivity index (χ2n) is 4.44. The van der Waals surface area contributed by atoms with Crippen LogP contribution in [0.2, 0.25) is 0 Å². The molecule has 1 unspecified atom stereocenters. The molecule has 0 aliphatic carbocycles. The van der Waals surface area contributed by atoms with Gasteiger partial charge in [0.05, 0.1) is 18.2 Å². The van der Waals surface area contributed by atoms with Crippen LogP contribution in [0.15, 0.2) is 16.6 Å². The highest BCUT2D eigenvalue weighted by molar-refractivity contribution is 9.10. The maximum absolute atomic E-state index is 12.0. The number of nitrogens with two attached hydrogens (primary N) is 1. The number of hydrogen-bond acceptors (Lipinski definition) is 4. The lowest BCUT2D eigenvalue weighted by atomic mass is 10.1. The number of carbonyl (C=O) groups is 1. The van der Waals surface area contributed by atoms with E-state index in [9.17, 15) is 4.79 Å². The van der Waals surface area contributed by atoms with Crippen molar-refractivity contribution in [3.8, 4) is 11.5 Å². The molecule has 0 heterocycles. The summed E-state index contributed by atoms with van der Waals surface area (Å²) in [5, 5.41) is 2.82. The summed E-state index contributed by atoms with van der Waals surface area (Å²) in [5.74, 6) is 0.966. The van der Waals surface area contributed by atoms with Crippen molar-refractivity contribution in [2.75, 3.05) is 20.3 Å². The monoisotopic (exact) mass is 344 g/mol. The number of carbonyl (C=O) groups excluding carboxylic acids is 1. The van der Waals surface area contributed by atoms with E-state index < -0.39 is 0 Å². The second-order valence-corrected chi connectivity index (χ2v) is 5.30. The zero-order chi connectivity index (χ0) is 15.1. The fraction of sp³-hybridized carbons (Fsp3) is 0.500. The molecular weight excluding hydrogens is 324 g/mol. The first-order chi connectivity index (χ1) is 9.49. The molecule has 0 saturated heterocycles. The van der Waals surface area contributed by atoms with Crippen molar-refractivity contribution < 1.29 is 14.3 Å². The predicted octanol–water partition coefficient (Wildman–Crippen LogP) is 2.32. The lowest BCUT2D eigenvalue weighted by Gasteiger charge is -2.13. The van der Waals surface area contributed by atoms with Gasteiger partial charge in [-0.25, -0.2) is 0 Å². The molecule has 0 bridgehead atoms. The molecule has 20 heavy (non-hydrogen) atoms. The first-order valence-corrected chi connectivity index (χ1v) is 7.33. The second kappa shape index (κ2) is 8.11. The molecule has 0 aliphatic heterocycles. The number of ether oxygens (including phenoxy) is 2. The molecule has 0 fully saturated rings. The maximum Gasteiger partial charge on any atom is 0.251 e. The number of benzene rings is 1. The van der Waals surface area contributed by atoms with Crippen molar-refractivity contribution in [2.24, 2.45) is 5.73 Å². The molecule has 5 nitrogen and oxygen atoms in total. The van der Waals surface area contributed by atoms with Gasteiger partial charge in [-0.3, -0.25) is 4.79 Å². The molecule has 0 radical (unpaired) electrons. The SMILES string of the molecule is CCOc1c(Br)cc(C(=O)NCCC(C)N)cc1OC. The molecule has 0 aromatic heterocycles. The number of rotatable bonds is 7. The third-order valence-corrected chi connectivity index (χ3v) is 3.25. The van der Waals surface area contributed by atoms with Crippen LogP contribution in [0.4, 0.5) is 0 Å². The zero-order valence-electron chi connectivity index (χ0n) is 12.0. The van der Waals surface area contributed by atoms with Crippen LogP contribution in [-0.2, 0) is 0 Å². The standard InChI is InChI=1S/C14H21BrN2O3/c1-4-20-13-11(15)7-10(8-12(13)19-3)14(18)17-6-5-9(2)16/h7-9H,4-6,16H2,1-3H3,(H,17,18). The van der Waals surface area contributed by atoms with Gasteiger partial charge in [-0.1, -0.05) is 0 Å². The Bertz CT molecular complexity index is 464. The highest BCUT2D eigenvalue weighted by Gasteiger charge is 2.15. The summed E-state index contributed by atoms with van der Waals surface area (Å²) in [6.07, 6.45) is 0.737. The molecule has 0 aliphatic rings. The summed E-state index contributed by atoms with van der Waals surface area (Å²) in [7, 11) is 1.54. The Hall–Kier alpha value is -1.27. The third kappa shape index (κ3) is 4.68. The highest BCUT2D eigenvalue weighted by atomic mass is 79.9. The van der Waals surface area contributed by atoms with E-state index >= 15 is 0 Å². The number of methoxy groups -OCH3 is 1. The topological polar surface area (TPSA) is 73.6 Å². The van der Waals surface area contributed by atoms with Crippen LogP contribution >= 0.6 is 15.9 Å². The third-order valence-electron chi connectivity index (χ3n) is 2.67. The van der Waals surface area contributed by atoms with Crippen LogP contribution in [0.3, 0.4) is 0 Å². The van der Waals surface area contributed by atoms with Gasteiger partial charge in [0, 0.05) is 18.2 Å². The van der Waals surface area contributed by atoms with Gasteiger partial charge in [0.15, 0.2) is 11.5 Å². The summed E-state index contributed by atoms with van der Waals surface area (Å²) < 4.78 is 11.4. The van der Waals surface area contributed by atoms with Crippen LogP contribution in [0.25, 0.3) is 0 Å². The number of amides is 1. The molecule has 3 N–H and O–H groups in total. The van der Waals surface area contributed by atoms with Gasteiger partial charge in [-0.2, -0.15) is 0 Å². The van der Waals surface area contributed by atoms with E-state index in [0.29, 0.717) is 34.7 Å². The van der Waals surface area contributed by atoms with Crippen molar-refractivity contribution in [3.63, 3.8) is 0 Å². The van der Waals surface area contributed by atoms with E-state index in [4.69, 9.17) is 15.2 Å². The Morgan fingerprint density at radius 2 is 2.20 bits per heavy atom. The smallest absolute Gasteiger partial charge is 0.251 e. The lowest BCUT2D eigenvalue weighted by Crippen LogP contribution is -2.29. The quantitative estimate of drug-likeness (QED) is 0.796. The summed E-state index contributed by atoms with van der Waals surface area (Å²) in [6, 6.07) is 3.45. The van der Waals surface area contributed by atoms with Gasteiger partial charge in [0.1, 0.15) is 0 Å². The largest absolute Gasteiger partial charge is 0.493 e. The van der Waals surface area contributed by atoms with E-state index in [0.717, 1.165) is 6.42 Å². The van der Waals surface area contributed by atoms with E-state index in [-0.39, 0.29) is 11.9 Å². The maximum atomic E-state index is 12.0. The number of nitrogens with one attached hydrogen (secondary N) is 1. The Morgan fingerprint density at radius 3 is 2.75 bits per heavy atom. The van der Waals surface area contributed by atoms with Crippen molar-refractivity contribution in [3.05, 3.63) is 22.2 Å². The van der Waals surface area contributed by atoms with Crippen LogP contribution < -0.4 is 20.5 Å². The molecule has 0 spiro atoms. The number of hydrogen-bond donors (Lipinski definition) is 2. The number of halogens is 1. The van der Waals surface area contributed by atoms with E-state index in [1.54, 1.807) is 19.2 Å². The molecule has 1 aromatic rings. The molecule has 1 atom stereocenters. The summed E-state index contributed by atoms with van der Waals surface area (Å²) in [4.78, 5) is 12.0. The van der Waals surface area contributed by atoms with Crippen LogP contribution in [-0.4, -0.2) is 32.2 Å². The zero-order valence-corrected chi connectivity index (χ0v) is 13.6. The Balaban J connectivity index is 2.85. The Morgan fingerprint density at radius 1 is 1.50 bits per heavy atom. The van der Waals surface area contributed by atoms with E-state index in [1.807, 2.05) is 13.8 Å². The molecule has 6 heteroatoms. The van der Waals surface area contributed by atoms with Crippen LogP contribution in [0, 0.1) is 0 Å². The van der Waals surface area contributed by atoms with Gasteiger partial charge in [0.2, 0.25) is 0 Å². The van der Waals surface area contributed by atoms with Crippen molar-refractivity contribution >= 4 is 21.8 Å². The Kier molecular flexibility index (Phi) is 6.81. The lowest BCUT2D eigenvalue weighted by molar-refractivity contribution is 0.0952. The van der Waals surface area contributed by atoms with Crippen LogP contribution in [0.5, 0.6) is 11.5 Å². The van der Waals surface area contributed by atoms with Gasteiger partial charge in [-0.15, -0.1) is 0 Å². The minimum absolute atomic E-state index is 0.0666. The van der Waals surface area contributed by atoms with Crippen molar-refractivity contribution in [2.45, 2.75) is 26.3 Å². The van der Waals surface area contributed by atoms with Gasteiger partial charge in [-0.05, 0) is 48.3 Å². The Labute approximate surface area is 127 Å². The fourth-order valence-corrected chi connectivity index (χ4v) is 2.21. The summed E-state index contributed by atoms with van der Waals surface area (Å²) in [5.41, 5.74) is 6.16. The van der Waals surface area contributed by atoms with Crippen LogP contribution in [0.1, 0.15) is 30.6 Å². The molecule has 0 saturated carbocycles. The summed E-state index contributed by atoms with van der Waals surface area (Å²) in [6.45, 7) is 4.86. The molecule has 1 rings (SSSR count). The van der Waals surface area contributed by atoms with E-state index in [1.165, 1.54) is 0 Å². The predicted molar refractivity (Wildman–Crippen MR) is 82.5 cm³/mol. The van der Waals surface area contributed by atoms with Gasteiger partial charge < -0.3 is 20.5 Å². The normalized spacial score (nSPS) is 11.8. The fourth-order valence-electron chi connectivity index (χ4n) is 1.65. The first kappa shape index (κ1) is 16.8. The molecule has 1 amide bonds. The summed E-state index contributed by atoms with van der Waals surface area (Å²) >= 11 is 3.39. The molecule has 1 aromatic carbocycles. The average Bonchev–Trinajstić information content (AvgIpc) is 2.40. The minimum Gasteiger partial charge on any atom is -0.493 e. The minimum atomic E-state index is -0.160.